The molecule has 3 N–H and O–H groups in total. The number of phenols is 1. The molecule has 0 spiro atoms. The van der Waals surface area contributed by atoms with Crippen LogP contribution in [0.25, 0.3) is 0 Å². The fourth-order valence-corrected chi connectivity index (χ4v) is 1.41. The van der Waals surface area contributed by atoms with Crippen molar-refractivity contribution >= 4 is 17.6 Å². The number of nitrogens with zero attached hydrogens (tertiary/aromatic N) is 1. The Kier molecular flexibility index (Phi) is 4.53. The monoisotopic (exact) mass is 252 g/mol. The first-order valence-corrected chi connectivity index (χ1v) is 5.45. The van der Waals surface area contributed by atoms with Crippen molar-refractivity contribution in [3.05, 3.63) is 23.8 Å². The van der Waals surface area contributed by atoms with Crippen LogP contribution >= 0.6 is 0 Å². The number of aromatic hydroxyl groups is 1. The van der Waals surface area contributed by atoms with E-state index in [0.29, 0.717) is 0 Å². The summed E-state index contributed by atoms with van der Waals surface area (Å²) in [6.07, 6.45) is 0. The number of hydrogen-bond donors (Lipinski definition) is 2. The number of carbonyl (C=O) groups is 2. The van der Waals surface area contributed by atoms with Crippen molar-refractivity contribution in [2.45, 2.75) is 6.92 Å². The number of rotatable bonds is 4. The van der Waals surface area contributed by atoms with Gasteiger partial charge >= 0.3 is 5.97 Å². The number of ether oxygens (including phenoxy) is 1. The van der Waals surface area contributed by atoms with Crippen LogP contribution < -0.4 is 5.73 Å². The Labute approximate surface area is 105 Å². The minimum absolute atomic E-state index is 0.0583. The second-order valence-electron chi connectivity index (χ2n) is 3.74. The Morgan fingerprint density at radius 3 is 2.72 bits per heavy atom. The van der Waals surface area contributed by atoms with Gasteiger partial charge in [-0.25, -0.2) is 0 Å². The fourth-order valence-electron chi connectivity index (χ4n) is 1.41. The maximum Gasteiger partial charge on any atom is 0.325 e. The van der Waals surface area contributed by atoms with Crippen LogP contribution in [0.2, 0.25) is 0 Å². The summed E-state index contributed by atoms with van der Waals surface area (Å²) in [6, 6.07) is 4.08. The number of phenolic OH excluding ortho intramolecular Hbond substituents is 1. The summed E-state index contributed by atoms with van der Waals surface area (Å²) in [6.45, 7) is 1.78. The van der Waals surface area contributed by atoms with Crippen molar-refractivity contribution in [1.82, 2.24) is 4.90 Å². The summed E-state index contributed by atoms with van der Waals surface area (Å²) in [5.74, 6) is -0.999. The highest BCUT2D eigenvalue weighted by Gasteiger charge is 2.18. The molecule has 1 aromatic carbocycles. The van der Waals surface area contributed by atoms with E-state index in [2.05, 4.69) is 0 Å². The van der Waals surface area contributed by atoms with Crippen LogP contribution in [-0.2, 0) is 9.53 Å². The average Bonchev–Trinajstić information content (AvgIpc) is 2.31. The van der Waals surface area contributed by atoms with E-state index in [0.717, 1.165) is 0 Å². The molecule has 0 heterocycles. The van der Waals surface area contributed by atoms with E-state index in [1.54, 1.807) is 6.92 Å². The standard InChI is InChI=1S/C12H16N2O4/c1-3-18-11(16)7-14(2)12(17)9-6-8(15)4-5-10(9)13/h4-6,15H,3,7,13H2,1-2H3. The minimum atomic E-state index is -0.493. The topological polar surface area (TPSA) is 92.9 Å². The molecule has 1 aromatic rings. The number of nitrogen functional groups attached to an aromatic ring is 1. The Balaban J connectivity index is 2.80. The molecule has 0 saturated heterocycles. The molecule has 6 nitrogen and oxygen atoms in total. The van der Waals surface area contributed by atoms with Gasteiger partial charge in [0.2, 0.25) is 0 Å². The maximum absolute atomic E-state index is 12.0. The Morgan fingerprint density at radius 1 is 1.44 bits per heavy atom. The zero-order valence-electron chi connectivity index (χ0n) is 10.3. The summed E-state index contributed by atoms with van der Waals surface area (Å²) < 4.78 is 4.74. The number of anilines is 1. The number of esters is 1. The van der Waals surface area contributed by atoms with E-state index in [1.165, 1.54) is 30.1 Å². The number of carbonyl (C=O) groups excluding carboxylic acids is 2. The normalized spacial score (nSPS) is 9.89. The number of amides is 1. The van der Waals surface area contributed by atoms with E-state index in [9.17, 15) is 14.7 Å². The van der Waals surface area contributed by atoms with Crippen molar-refractivity contribution in [2.24, 2.45) is 0 Å². The van der Waals surface area contributed by atoms with Crippen molar-refractivity contribution in [1.29, 1.82) is 0 Å². The first-order valence-electron chi connectivity index (χ1n) is 5.45. The molecule has 0 radical (unpaired) electrons. The quantitative estimate of drug-likeness (QED) is 0.465. The van der Waals surface area contributed by atoms with Gasteiger partial charge in [-0.1, -0.05) is 0 Å². The summed E-state index contributed by atoms with van der Waals surface area (Å²) in [7, 11) is 1.46. The van der Waals surface area contributed by atoms with Crippen LogP contribution in [0.15, 0.2) is 18.2 Å². The predicted octanol–water partition coefficient (Wildman–Crippen LogP) is 0.609. The SMILES string of the molecule is CCOC(=O)CN(C)C(=O)c1cc(O)ccc1N. The molecular formula is C12H16N2O4. The van der Waals surface area contributed by atoms with Crippen LogP contribution in [0.4, 0.5) is 5.69 Å². The summed E-state index contributed by atoms with van der Waals surface area (Å²) >= 11 is 0. The molecule has 0 bridgehead atoms. The Hall–Kier alpha value is -2.24. The molecule has 98 valence electrons. The molecule has 0 aliphatic rings. The van der Waals surface area contributed by atoms with Crippen molar-refractivity contribution in [2.75, 3.05) is 25.9 Å². The maximum atomic E-state index is 12.0. The molecule has 0 aliphatic heterocycles. The summed E-state index contributed by atoms with van der Waals surface area (Å²) in [5, 5.41) is 9.32. The van der Waals surface area contributed by atoms with Gasteiger partial charge in [-0.3, -0.25) is 9.59 Å². The number of nitrogens with two attached hydrogens (primary N) is 1. The molecule has 0 saturated carbocycles. The third kappa shape index (κ3) is 3.38. The molecule has 0 fully saturated rings. The average molecular weight is 252 g/mol. The molecule has 0 aliphatic carbocycles. The van der Waals surface area contributed by atoms with Crippen LogP contribution in [0.1, 0.15) is 17.3 Å². The highest BCUT2D eigenvalue weighted by Crippen LogP contribution is 2.19. The van der Waals surface area contributed by atoms with E-state index in [4.69, 9.17) is 10.5 Å². The van der Waals surface area contributed by atoms with Crippen LogP contribution in [0, 0.1) is 0 Å². The van der Waals surface area contributed by atoms with E-state index in [-0.39, 0.29) is 30.2 Å². The molecular weight excluding hydrogens is 236 g/mol. The highest BCUT2D eigenvalue weighted by molar-refractivity contribution is 6.00. The molecule has 0 aromatic heterocycles. The van der Waals surface area contributed by atoms with Gasteiger partial charge in [0, 0.05) is 12.7 Å². The summed E-state index contributed by atoms with van der Waals surface area (Å²) in [5.41, 5.74) is 6.04. The van der Waals surface area contributed by atoms with Gasteiger partial charge in [0.05, 0.1) is 12.2 Å². The zero-order chi connectivity index (χ0) is 13.7. The first kappa shape index (κ1) is 13.8. The number of hydrogen-bond acceptors (Lipinski definition) is 5. The molecule has 1 rings (SSSR count). The van der Waals surface area contributed by atoms with Gasteiger partial charge in [0.1, 0.15) is 12.3 Å². The van der Waals surface area contributed by atoms with Crippen LogP contribution in [0.5, 0.6) is 5.75 Å². The Bertz CT molecular complexity index is 459. The van der Waals surface area contributed by atoms with E-state index < -0.39 is 11.9 Å². The van der Waals surface area contributed by atoms with E-state index >= 15 is 0 Å². The van der Waals surface area contributed by atoms with Crippen molar-refractivity contribution in [3.8, 4) is 5.75 Å². The predicted molar refractivity (Wildman–Crippen MR) is 66.1 cm³/mol. The lowest BCUT2D eigenvalue weighted by atomic mass is 10.1. The van der Waals surface area contributed by atoms with Gasteiger partial charge in [0.25, 0.3) is 5.91 Å². The lowest BCUT2D eigenvalue weighted by Crippen LogP contribution is -2.33. The molecule has 1 amide bonds. The largest absolute Gasteiger partial charge is 0.508 e. The molecule has 0 unspecified atom stereocenters. The first-order chi connectivity index (χ1) is 8.45. The van der Waals surface area contributed by atoms with Gasteiger partial charge in [-0.2, -0.15) is 0 Å². The highest BCUT2D eigenvalue weighted by atomic mass is 16.5. The third-order valence-electron chi connectivity index (χ3n) is 2.29. The lowest BCUT2D eigenvalue weighted by Gasteiger charge is -2.17. The second-order valence-corrected chi connectivity index (χ2v) is 3.74. The van der Waals surface area contributed by atoms with Gasteiger partial charge in [0.15, 0.2) is 0 Å². The van der Waals surface area contributed by atoms with E-state index in [1.807, 2.05) is 0 Å². The third-order valence-corrected chi connectivity index (χ3v) is 2.29. The van der Waals surface area contributed by atoms with Crippen molar-refractivity contribution < 1.29 is 19.4 Å². The minimum Gasteiger partial charge on any atom is -0.508 e. The fraction of sp³-hybridized carbons (Fsp3) is 0.333. The van der Waals surface area contributed by atoms with Gasteiger partial charge in [-0.05, 0) is 25.1 Å². The summed E-state index contributed by atoms with van der Waals surface area (Å²) in [4.78, 5) is 24.4. The molecule has 6 heteroatoms. The van der Waals surface area contributed by atoms with Crippen molar-refractivity contribution in [3.63, 3.8) is 0 Å². The van der Waals surface area contributed by atoms with Gasteiger partial charge < -0.3 is 20.5 Å². The zero-order valence-corrected chi connectivity index (χ0v) is 10.3. The number of likely N-dealkylation sites (N-methyl/N-ethyl adjacent to an activating group) is 1. The van der Waals surface area contributed by atoms with Crippen LogP contribution in [-0.4, -0.2) is 42.1 Å². The molecule has 18 heavy (non-hydrogen) atoms. The molecule has 0 atom stereocenters. The second kappa shape index (κ2) is 5.90. The Morgan fingerprint density at radius 2 is 2.11 bits per heavy atom. The van der Waals surface area contributed by atoms with Crippen LogP contribution in [0.3, 0.4) is 0 Å². The lowest BCUT2D eigenvalue weighted by molar-refractivity contribution is -0.143. The number of benzene rings is 1. The van der Waals surface area contributed by atoms with Gasteiger partial charge in [-0.15, -0.1) is 0 Å². The smallest absolute Gasteiger partial charge is 0.325 e.